The van der Waals surface area contributed by atoms with E-state index in [1.54, 1.807) is 0 Å². The van der Waals surface area contributed by atoms with Gasteiger partial charge in [0.1, 0.15) is 5.75 Å². The molecule has 0 bridgehead atoms. The minimum absolute atomic E-state index is 0.0305. The Hall–Kier alpha value is -1.59. The summed E-state index contributed by atoms with van der Waals surface area (Å²) < 4.78 is 5.37. The lowest BCUT2D eigenvalue weighted by Gasteiger charge is -2.33. The van der Waals surface area contributed by atoms with Crippen LogP contribution in [0.15, 0.2) is 24.3 Å². The van der Waals surface area contributed by atoms with Crippen molar-refractivity contribution in [3.05, 3.63) is 24.3 Å². The SMILES string of the molecule is CCOc1ccc(NC(=O)CN2CCNCC2C)cc1. The highest BCUT2D eigenvalue weighted by atomic mass is 16.5. The van der Waals surface area contributed by atoms with E-state index in [0.29, 0.717) is 19.2 Å². The standard InChI is InChI=1S/C15H23N3O2/c1-3-20-14-6-4-13(5-7-14)17-15(19)11-18-9-8-16-10-12(18)2/h4-7,12,16H,3,8-11H2,1-2H3,(H,17,19). The van der Waals surface area contributed by atoms with Crippen LogP contribution in [0.25, 0.3) is 0 Å². The summed E-state index contributed by atoms with van der Waals surface area (Å²) in [6.45, 7) is 7.97. The molecule has 110 valence electrons. The second-order valence-electron chi connectivity index (χ2n) is 5.03. The lowest BCUT2D eigenvalue weighted by molar-refractivity contribution is -0.118. The molecule has 20 heavy (non-hydrogen) atoms. The number of carbonyl (C=O) groups is 1. The van der Waals surface area contributed by atoms with E-state index in [4.69, 9.17) is 4.74 Å². The molecule has 5 heteroatoms. The first-order chi connectivity index (χ1) is 9.69. The molecule has 1 unspecified atom stereocenters. The van der Waals surface area contributed by atoms with Crippen molar-refractivity contribution in [1.29, 1.82) is 0 Å². The van der Waals surface area contributed by atoms with Crippen LogP contribution < -0.4 is 15.4 Å². The van der Waals surface area contributed by atoms with Crippen LogP contribution in [-0.2, 0) is 4.79 Å². The number of carbonyl (C=O) groups excluding carboxylic acids is 1. The van der Waals surface area contributed by atoms with E-state index in [2.05, 4.69) is 22.5 Å². The quantitative estimate of drug-likeness (QED) is 0.852. The summed E-state index contributed by atoms with van der Waals surface area (Å²) in [5.41, 5.74) is 0.807. The molecule has 0 spiro atoms. The van der Waals surface area contributed by atoms with Crippen molar-refractivity contribution in [3.63, 3.8) is 0 Å². The van der Waals surface area contributed by atoms with E-state index in [9.17, 15) is 4.79 Å². The Morgan fingerprint density at radius 2 is 2.20 bits per heavy atom. The number of piperazine rings is 1. The molecule has 2 N–H and O–H groups in total. The molecule has 1 atom stereocenters. The van der Waals surface area contributed by atoms with Gasteiger partial charge in [-0.05, 0) is 38.1 Å². The molecule has 0 radical (unpaired) electrons. The molecular formula is C15H23N3O2. The van der Waals surface area contributed by atoms with Crippen molar-refractivity contribution in [2.24, 2.45) is 0 Å². The zero-order valence-corrected chi connectivity index (χ0v) is 12.2. The number of benzene rings is 1. The summed E-state index contributed by atoms with van der Waals surface area (Å²) in [6.07, 6.45) is 0. The smallest absolute Gasteiger partial charge is 0.238 e. The highest BCUT2D eigenvalue weighted by Crippen LogP contribution is 2.15. The first-order valence-electron chi connectivity index (χ1n) is 7.16. The van der Waals surface area contributed by atoms with Gasteiger partial charge < -0.3 is 15.4 Å². The number of anilines is 1. The van der Waals surface area contributed by atoms with Crippen LogP contribution in [0.1, 0.15) is 13.8 Å². The Morgan fingerprint density at radius 3 is 2.85 bits per heavy atom. The van der Waals surface area contributed by atoms with Gasteiger partial charge in [0.25, 0.3) is 0 Å². The van der Waals surface area contributed by atoms with E-state index >= 15 is 0 Å². The summed E-state index contributed by atoms with van der Waals surface area (Å²) >= 11 is 0. The molecule has 0 aromatic heterocycles. The van der Waals surface area contributed by atoms with Crippen molar-refractivity contribution in [3.8, 4) is 5.75 Å². The lowest BCUT2D eigenvalue weighted by Crippen LogP contribution is -2.51. The van der Waals surface area contributed by atoms with Gasteiger partial charge in [-0.3, -0.25) is 9.69 Å². The van der Waals surface area contributed by atoms with E-state index in [1.165, 1.54) is 0 Å². The van der Waals surface area contributed by atoms with Gasteiger partial charge >= 0.3 is 0 Å². The number of hydrogen-bond acceptors (Lipinski definition) is 4. The fraction of sp³-hybridized carbons (Fsp3) is 0.533. The normalized spacial score (nSPS) is 19.6. The predicted molar refractivity (Wildman–Crippen MR) is 80.1 cm³/mol. The summed E-state index contributed by atoms with van der Waals surface area (Å²) in [5, 5.41) is 6.24. The van der Waals surface area contributed by atoms with Gasteiger partial charge in [0.15, 0.2) is 0 Å². The minimum atomic E-state index is 0.0305. The number of hydrogen-bond donors (Lipinski definition) is 2. The largest absolute Gasteiger partial charge is 0.494 e. The second kappa shape index (κ2) is 7.26. The molecule has 1 aliphatic rings. The average Bonchev–Trinajstić information content (AvgIpc) is 2.44. The molecule has 2 rings (SSSR count). The number of nitrogens with zero attached hydrogens (tertiary/aromatic N) is 1. The van der Waals surface area contributed by atoms with E-state index in [-0.39, 0.29) is 5.91 Å². The van der Waals surface area contributed by atoms with Crippen LogP contribution in [0.5, 0.6) is 5.75 Å². The third-order valence-corrected chi connectivity index (χ3v) is 3.43. The first-order valence-corrected chi connectivity index (χ1v) is 7.16. The summed E-state index contributed by atoms with van der Waals surface area (Å²) in [5.74, 6) is 0.851. The Morgan fingerprint density at radius 1 is 1.45 bits per heavy atom. The van der Waals surface area contributed by atoms with Crippen LogP contribution in [0, 0.1) is 0 Å². The molecule has 1 aliphatic heterocycles. The maximum absolute atomic E-state index is 12.0. The van der Waals surface area contributed by atoms with E-state index in [1.807, 2.05) is 31.2 Å². The number of nitrogens with one attached hydrogen (secondary N) is 2. The first kappa shape index (κ1) is 14.8. The van der Waals surface area contributed by atoms with Gasteiger partial charge in [0.2, 0.25) is 5.91 Å². The third-order valence-electron chi connectivity index (χ3n) is 3.43. The van der Waals surface area contributed by atoms with Gasteiger partial charge in [-0.15, -0.1) is 0 Å². The van der Waals surface area contributed by atoms with Crippen molar-refractivity contribution in [2.45, 2.75) is 19.9 Å². The van der Waals surface area contributed by atoms with Gasteiger partial charge in [-0.1, -0.05) is 0 Å². The maximum Gasteiger partial charge on any atom is 0.238 e. The molecule has 1 fully saturated rings. The van der Waals surface area contributed by atoms with Crippen LogP contribution in [0.4, 0.5) is 5.69 Å². The molecule has 1 heterocycles. The maximum atomic E-state index is 12.0. The van der Waals surface area contributed by atoms with Crippen molar-refractivity contribution >= 4 is 11.6 Å². The monoisotopic (exact) mass is 277 g/mol. The van der Waals surface area contributed by atoms with Crippen LogP contribution in [-0.4, -0.2) is 49.6 Å². The van der Waals surface area contributed by atoms with Crippen LogP contribution in [0.3, 0.4) is 0 Å². The third kappa shape index (κ3) is 4.21. The topological polar surface area (TPSA) is 53.6 Å². The number of ether oxygens (including phenoxy) is 1. The fourth-order valence-electron chi connectivity index (χ4n) is 2.30. The Balaban J connectivity index is 1.84. The molecular weight excluding hydrogens is 254 g/mol. The molecule has 1 saturated heterocycles. The summed E-state index contributed by atoms with van der Waals surface area (Å²) in [7, 11) is 0. The minimum Gasteiger partial charge on any atom is -0.494 e. The lowest BCUT2D eigenvalue weighted by atomic mass is 10.2. The molecule has 0 aliphatic carbocycles. The van der Waals surface area contributed by atoms with Gasteiger partial charge in [-0.25, -0.2) is 0 Å². The van der Waals surface area contributed by atoms with Gasteiger partial charge in [0.05, 0.1) is 13.2 Å². The highest BCUT2D eigenvalue weighted by Gasteiger charge is 2.20. The fourth-order valence-corrected chi connectivity index (χ4v) is 2.30. The molecule has 5 nitrogen and oxygen atoms in total. The highest BCUT2D eigenvalue weighted by molar-refractivity contribution is 5.92. The van der Waals surface area contributed by atoms with Crippen molar-refractivity contribution < 1.29 is 9.53 Å². The van der Waals surface area contributed by atoms with Crippen LogP contribution >= 0.6 is 0 Å². The van der Waals surface area contributed by atoms with Crippen LogP contribution in [0.2, 0.25) is 0 Å². The Bertz CT molecular complexity index is 433. The summed E-state index contributed by atoms with van der Waals surface area (Å²) in [4.78, 5) is 14.2. The Labute approximate surface area is 120 Å². The second-order valence-corrected chi connectivity index (χ2v) is 5.03. The number of amides is 1. The summed E-state index contributed by atoms with van der Waals surface area (Å²) in [6, 6.07) is 7.86. The number of rotatable bonds is 5. The molecule has 0 saturated carbocycles. The van der Waals surface area contributed by atoms with Gasteiger partial charge in [-0.2, -0.15) is 0 Å². The van der Waals surface area contributed by atoms with Gasteiger partial charge in [0, 0.05) is 31.4 Å². The Kier molecular flexibility index (Phi) is 5.38. The zero-order valence-electron chi connectivity index (χ0n) is 12.2. The zero-order chi connectivity index (χ0) is 14.4. The van der Waals surface area contributed by atoms with Crippen molar-refractivity contribution in [2.75, 3.05) is 38.1 Å². The van der Waals surface area contributed by atoms with E-state index < -0.39 is 0 Å². The predicted octanol–water partition coefficient (Wildman–Crippen LogP) is 1.32. The molecule has 1 amide bonds. The van der Waals surface area contributed by atoms with E-state index in [0.717, 1.165) is 31.1 Å². The average molecular weight is 277 g/mol. The van der Waals surface area contributed by atoms with Crippen molar-refractivity contribution in [1.82, 2.24) is 10.2 Å². The molecule has 1 aromatic rings. The molecule has 1 aromatic carbocycles.